The second-order valence-corrected chi connectivity index (χ2v) is 5.19. The van der Waals surface area contributed by atoms with E-state index in [0.717, 1.165) is 6.26 Å². The number of Topliss-reactive ketones (excluding diaryl/α,β-unsaturated/α-hetero) is 1. The molecule has 0 atom stereocenters. The summed E-state index contributed by atoms with van der Waals surface area (Å²) in [7, 11) is -3.16. The Balaban J connectivity index is 2.74. The monoisotopic (exact) mass is 218 g/mol. The zero-order valence-electron chi connectivity index (χ0n) is 7.85. The molecule has 0 fully saturated rings. The maximum Gasteiger partial charge on any atom is 0.234 e. The van der Waals surface area contributed by atoms with Gasteiger partial charge in [-0.05, 0) is 6.92 Å². The summed E-state index contributed by atoms with van der Waals surface area (Å²) in [6.07, 6.45) is 1.12. The summed E-state index contributed by atoms with van der Waals surface area (Å²) in [4.78, 5) is 14.4. The van der Waals surface area contributed by atoms with E-state index in [9.17, 15) is 13.2 Å². The molecule has 1 rings (SSSR count). The van der Waals surface area contributed by atoms with Crippen LogP contribution in [0.5, 0.6) is 0 Å². The molecular weight excluding hydrogens is 208 g/mol. The lowest BCUT2D eigenvalue weighted by molar-refractivity contribution is -0.116. The number of sulfone groups is 1. The van der Waals surface area contributed by atoms with Gasteiger partial charge < -0.3 is 4.52 Å². The number of aromatic nitrogens is 2. The third-order valence-electron chi connectivity index (χ3n) is 1.30. The minimum atomic E-state index is -3.16. The average Bonchev–Trinajstić information content (AvgIpc) is 2.30. The molecule has 0 aromatic carbocycles. The number of hydrogen-bond donors (Lipinski definition) is 0. The van der Waals surface area contributed by atoms with Crippen molar-refractivity contribution in [2.45, 2.75) is 19.1 Å². The molecular formula is C7H10N2O4S. The van der Waals surface area contributed by atoms with Crippen LogP contribution in [0.1, 0.15) is 18.6 Å². The first-order chi connectivity index (χ1) is 6.37. The molecule has 0 spiro atoms. The zero-order chi connectivity index (χ0) is 10.8. The van der Waals surface area contributed by atoms with Gasteiger partial charge in [-0.1, -0.05) is 5.16 Å². The highest BCUT2D eigenvalue weighted by atomic mass is 32.2. The van der Waals surface area contributed by atoms with E-state index in [1.54, 1.807) is 0 Å². The summed E-state index contributed by atoms with van der Waals surface area (Å²) in [5, 5.41) is 3.44. The van der Waals surface area contributed by atoms with E-state index in [0.29, 0.717) is 0 Å². The van der Waals surface area contributed by atoms with Gasteiger partial charge in [0.15, 0.2) is 15.7 Å². The Morgan fingerprint density at radius 3 is 2.64 bits per heavy atom. The van der Waals surface area contributed by atoms with Crippen LogP contribution in [0.2, 0.25) is 0 Å². The number of nitrogens with zero attached hydrogens (tertiary/aromatic N) is 2. The van der Waals surface area contributed by atoms with E-state index in [1.165, 1.54) is 6.92 Å². The summed E-state index contributed by atoms with van der Waals surface area (Å²) < 4.78 is 26.4. The lowest BCUT2D eigenvalue weighted by Crippen LogP contribution is -2.03. The second-order valence-electron chi connectivity index (χ2n) is 3.05. The predicted octanol–water partition coefficient (Wildman–Crippen LogP) is -0.254. The van der Waals surface area contributed by atoms with Gasteiger partial charge in [0.25, 0.3) is 0 Å². The Morgan fingerprint density at radius 2 is 2.14 bits per heavy atom. The highest BCUT2D eigenvalue weighted by Crippen LogP contribution is 2.02. The summed E-state index contributed by atoms with van der Waals surface area (Å²) in [5.74, 6) is -0.145. The first kappa shape index (κ1) is 10.8. The van der Waals surface area contributed by atoms with Gasteiger partial charge in [-0.2, -0.15) is 4.98 Å². The van der Waals surface area contributed by atoms with Crippen LogP contribution in [0.25, 0.3) is 0 Å². The summed E-state index contributed by atoms with van der Waals surface area (Å²) in [6.45, 7) is 1.39. The van der Waals surface area contributed by atoms with Gasteiger partial charge in [0.2, 0.25) is 5.89 Å². The van der Waals surface area contributed by atoms with Crippen molar-refractivity contribution >= 4 is 15.6 Å². The topological polar surface area (TPSA) is 90.1 Å². The minimum absolute atomic E-state index is 0.0385. The lowest BCUT2D eigenvalue weighted by Gasteiger charge is -1.88. The van der Waals surface area contributed by atoms with Crippen LogP contribution >= 0.6 is 0 Å². The Morgan fingerprint density at radius 1 is 1.50 bits per heavy atom. The van der Waals surface area contributed by atoms with Gasteiger partial charge in [-0.3, -0.25) is 4.79 Å². The molecule has 0 radical (unpaired) electrons. The molecule has 0 saturated heterocycles. The molecule has 7 heteroatoms. The average molecular weight is 218 g/mol. The highest BCUT2D eigenvalue weighted by Gasteiger charge is 2.12. The number of carbonyl (C=O) groups is 1. The molecule has 0 amide bonds. The summed E-state index contributed by atoms with van der Waals surface area (Å²) in [5.41, 5.74) is 0. The molecule has 0 aliphatic carbocycles. The van der Waals surface area contributed by atoms with E-state index in [1.807, 2.05) is 0 Å². The Bertz CT molecular complexity index is 434. The smallest absolute Gasteiger partial charge is 0.234 e. The van der Waals surface area contributed by atoms with Crippen molar-refractivity contribution in [1.29, 1.82) is 0 Å². The van der Waals surface area contributed by atoms with Crippen LogP contribution in [-0.4, -0.2) is 30.6 Å². The molecule has 6 nitrogen and oxygen atoms in total. The van der Waals surface area contributed by atoms with Gasteiger partial charge in [-0.15, -0.1) is 0 Å². The van der Waals surface area contributed by atoms with Crippen LogP contribution in [0.4, 0.5) is 0 Å². The second kappa shape index (κ2) is 3.87. The summed E-state index contributed by atoms with van der Waals surface area (Å²) in [6, 6.07) is 0. The fourth-order valence-corrected chi connectivity index (χ4v) is 1.45. The van der Waals surface area contributed by atoms with E-state index in [2.05, 4.69) is 14.7 Å². The van der Waals surface area contributed by atoms with Crippen molar-refractivity contribution in [3.8, 4) is 0 Å². The minimum Gasteiger partial charge on any atom is -0.339 e. The number of ketones is 1. The third kappa shape index (κ3) is 3.65. The van der Waals surface area contributed by atoms with Gasteiger partial charge >= 0.3 is 0 Å². The third-order valence-corrected chi connectivity index (χ3v) is 2.08. The largest absolute Gasteiger partial charge is 0.339 e. The predicted molar refractivity (Wildman–Crippen MR) is 47.2 cm³/mol. The number of rotatable bonds is 4. The van der Waals surface area contributed by atoms with E-state index in [4.69, 9.17) is 0 Å². The number of hydrogen-bond acceptors (Lipinski definition) is 6. The van der Waals surface area contributed by atoms with Crippen molar-refractivity contribution in [2.75, 3.05) is 6.26 Å². The fraction of sp³-hybridized carbons (Fsp3) is 0.571. The van der Waals surface area contributed by atoms with Crippen molar-refractivity contribution in [2.24, 2.45) is 0 Å². The lowest BCUT2D eigenvalue weighted by atomic mass is 10.3. The number of carbonyl (C=O) groups excluding carboxylic acids is 1. The van der Waals surface area contributed by atoms with Crippen molar-refractivity contribution in [1.82, 2.24) is 10.1 Å². The SMILES string of the molecule is CC(=O)Cc1nc(CS(C)(=O)=O)no1. The molecule has 0 bridgehead atoms. The van der Waals surface area contributed by atoms with E-state index in [-0.39, 0.29) is 29.7 Å². The summed E-state index contributed by atoms with van der Waals surface area (Å²) >= 11 is 0. The van der Waals surface area contributed by atoms with E-state index >= 15 is 0 Å². The molecule has 1 aromatic heterocycles. The quantitative estimate of drug-likeness (QED) is 0.692. The van der Waals surface area contributed by atoms with Gasteiger partial charge in [0.05, 0.1) is 6.42 Å². The van der Waals surface area contributed by atoms with Gasteiger partial charge in [0, 0.05) is 6.26 Å². The Labute approximate surface area is 81.2 Å². The highest BCUT2D eigenvalue weighted by molar-refractivity contribution is 7.89. The molecule has 1 heterocycles. The Kier molecular flexibility index (Phi) is 3.00. The van der Waals surface area contributed by atoms with Crippen molar-refractivity contribution in [3.63, 3.8) is 0 Å². The molecule has 0 unspecified atom stereocenters. The van der Waals surface area contributed by atoms with Crippen molar-refractivity contribution in [3.05, 3.63) is 11.7 Å². The first-order valence-corrected chi connectivity index (χ1v) is 5.91. The van der Waals surface area contributed by atoms with E-state index < -0.39 is 9.84 Å². The normalized spacial score (nSPS) is 11.6. The first-order valence-electron chi connectivity index (χ1n) is 3.85. The van der Waals surface area contributed by atoms with Crippen LogP contribution in [-0.2, 0) is 26.8 Å². The van der Waals surface area contributed by atoms with Crippen LogP contribution in [0.15, 0.2) is 4.52 Å². The molecule has 14 heavy (non-hydrogen) atoms. The molecule has 0 aliphatic heterocycles. The van der Waals surface area contributed by atoms with Gasteiger partial charge in [0.1, 0.15) is 11.5 Å². The molecule has 78 valence electrons. The molecule has 1 aromatic rings. The van der Waals surface area contributed by atoms with Crippen LogP contribution in [0.3, 0.4) is 0 Å². The molecule has 0 N–H and O–H groups in total. The maximum atomic E-state index is 10.8. The standard InChI is InChI=1S/C7H10N2O4S/c1-5(10)3-7-8-6(9-13-7)4-14(2,11)12/h3-4H2,1-2H3. The molecule has 0 saturated carbocycles. The maximum absolute atomic E-state index is 10.8. The molecule has 0 aliphatic rings. The van der Waals surface area contributed by atoms with Crippen molar-refractivity contribution < 1.29 is 17.7 Å². The Hall–Kier alpha value is -1.24. The van der Waals surface area contributed by atoms with Crippen LogP contribution < -0.4 is 0 Å². The fourth-order valence-electron chi connectivity index (χ4n) is 0.868. The van der Waals surface area contributed by atoms with Crippen LogP contribution in [0, 0.1) is 0 Å². The van der Waals surface area contributed by atoms with Gasteiger partial charge in [-0.25, -0.2) is 8.42 Å². The zero-order valence-corrected chi connectivity index (χ0v) is 8.67.